The Morgan fingerprint density at radius 2 is 1.19 bits per heavy atom. The highest BCUT2D eigenvalue weighted by atomic mass is 15.2. The second kappa shape index (κ2) is 10.5. The smallest absolute Gasteiger partial charge is 0.138 e. The van der Waals surface area contributed by atoms with E-state index in [2.05, 4.69) is 167 Å². The summed E-state index contributed by atoms with van der Waals surface area (Å²) < 4.78 is 2.29. The molecule has 0 unspecified atom stereocenters. The molecule has 3 aromatic heterocycles. The van der Waals surface area contributed by atoms with Gasteiger partial charge in [0.15, 0.2) is 0 Å². The minimum atomic E-state index is 0.873. The third kappa shape index (κ3) is 4.03. The van der Waals surface area contributed by atoms with Crippen LogP contribution in [0.5, 0.6) is 0 Å². The van der Waals surface area contributed by atoms with E-state index in [0.29, 0.717) is 0 Å². The average molecular weight is 613 g/mol. The first kappa shape index (κ1) is 26.7. The third-order valence-corrected chi connectivity index (χ3v) is 9.54. The van der Waals surface area contributed by atoms with Gasteiger partial charge in [-0.2, -0.15) is 0 Å². The summed E-state index contributed by atoms with van der Waals surface area (Å²) in [4.78, 5) is 12.6. The Hall–Kier alpha value is -6.52. The van der Waals surface area contributed by atoms with E-state index in [1.165, 1.54) is 32.7 Å². The van der Waals surface area contributed by atoms with E-state index in [1.54, 1.807) is 0 Å². The van der Waals surface area contributed by atoms with Crippen LogP contribution in [0.3, 0.4) is 0 Å². The second-order valence-electron chi connectivity index (χ2n) is 12.3. The molecule has 4 heterocycles. The first-order valence-corrected chi connectivity index (χ1v) is 16.3. The molecule has 0 fully saturated rings. The van der Waals surface area contributed by atoms with E-state index in [1.807, 2.05) is 12.3 Å². The van der Waals surface area contributed by atoms with Crippen molar-refractivity contribution in [2.75, 3.05) is 4.90 Å². The molecule has 9 aromatic rings. The zero-order chi connectivity index (χ0) is 31.6. The van der Waals surface area contributed by atoms with Gasteiger partial charge in [0, 0.05) is 33.5 Å². The summed E-state index contributed by atoms with van der Waals surface area (Å²) in [6.07, 6.45) is 1.86. The predicted molar refractivity (Wildman–Crippen MR) is 198 cm³/mol. The van der Waals surface area contributed by atoms with Crippen LogP contribution in [0.1, 0.15) is 0 Å². The average Bonchev–Trinajstić information content (AvgIpc) is 3.48. The lowest BCUT2D eigenvalue weighted by Crippen LogP contribution is -2.17. The molecule has 1 aliphatic heterocycles. The van der Waals surface area contributed by atoms with E-state index >= 15 is 0 Å². The normalized spacial score (nSPS) is 12.1. The molecule has 224 valence electrons. The molecule has 0 radical (unpaired) electrons. The Balaban J connectivity index is 1.33. The number of hydrogen-bond acceptors (Lipinski definition) is 3. The SMILES string of the molecule is c1ccc(-c2cc(-c3ccccc3)nc(N3c4cc5c(cc4-c4cccc6cccc3c46)c3ccccc3n5-c3ccccn3)c2)cc1. The quantitative estimate of drug-likeness (QED) is 0.198. The Morgan fingerprint density at radius 1 is 0.438 bits per heavy atom. The fraction of sp³-hybridized carbons (Fsp3) is 0. The van der Waals surface area contributed by atoms with Gasteiger partial charge in [-0.15, -0.1) is 0 Å². The summed E-state index contributed by atoms with van der Waals surface area (Å²) in [6.45, 7) is 0. The largest absolute Gasteiger partial charge is 0.294 e. The first-order valence-electron chi connectivity index (χ1n) is 16.3. The lowest BCUT2D eigenvalue weighted by atomic mass is 9.90. The molecule has 0 saturated heterocycles. The van der Waals surface area contributed by atoms with Crippen LogP contribution < -0.4 is 4.90 Å². The molecule has 0 bridgehead atoms. The second-order valence-corrected chi connectivity index (χ2v) is 12.3. The van der Waals surface area contributed by atoms with E-state index in [-0.39, 0.29) is 0 Å². The Labute approximate surface area is 277 Å². The summed E-state index contributed by atoms with van der Waals surface area (Å²) in [5.74, 6) is 1.77. The fourth-order valence-corrected chi connectivity index (χ4v) is 7.43. The standard InChI is InChI=1S/C44H28N4/c1-3-13-29(14-4-1)32-25-37(30-15-5-2-6-16-30)46-43(26-32)48-39-22-12-18-31-17-11-20-34(44(31)39)36-27-35-33-19-7-8-21-38(33)47(40(35)28-41(36)48)42-23-9-10-24-45-42/h1-28H. The fourth-order valence-electron chi connectivity index (χ4n) is 7.43. The van der Waals surface area contributed by atoms with Crippen LogP contribution >= 0.6 is 0 Å². The molecule has 4 heteroatoms. The van der Waals surface area contributed by atoms with Crippen LogP contribution in [0.2, 0.25) is 0 Å². The number of anilines is 3. The van der Waals surface area contributed by atoms with E-state index in [0.717, 1.165) is 56.4 Å². The number of aromatic nitrogens is 3. The van der Waals surface area contributed by atoms with Crippen LogP contribution in [0.15, 0.2) is 170 Å². The van der Waals surface area contributed by atoms with Gasteiger partial charge >= 0.3 is 0 Å². The van der Waals surface area contributed by atoms with Crippen molar-refractivity contribution in [1.29, 1.82) is 0 Å². The van der Waals surface area contributed by atoms with Gasteiger partial charge < -0.3 is 0 Å². The molecule has 0 atom stereocenters. The van der Waals surface area contributed by atoms with Gasteiger partial charge in [0.25, 0.3) is 0 Å². The van der Waals surface area contributed by atoms with Crippen molar-refractivity contribution >= 4 is 49.8 Å². The zero-order valence-electron chi connectivity index (χ0n) is 26.0. The van der Waals surface area contributed by atoms with Crippen LogP contribution in [0.25, 0.3) is 71.9 Å². The molecule has 0 saturated carbocycles. The molecule has 0 aliphatic carbocycles. The highest BCUT2D eigenvalue weighted by Crippen LogP contribution is 2.53. The number of nitrogens with zero attached hydrogens (tertiary/aromatic N) is 4. The van der Waals surface area contributed by atoms with Crippen molar-refractivity contribution in [3.05, 3.63) is 170 Å². The van der Waals surface area contributed by atoms with Crippen LogP contribution in [0.4, 0.5) is 17.2 Å². The molecule has 4 nitrogen and oxygen atoms in total. The van der Waals surface area contributed by atoms with Gasteiger partial charge in [-0.05, 0) is 70.6 Å². The monoisotopic (exact) mass is 612 g/mol. The molecule has 1 aliphatic rings. The molecular weight excluding hydrogens is 585 g/mol. The summed E-state index contributed by atoms with van der Waals surface area (Å²) in [5.41, 5.74) is 11.1. The van der Waals surface area contributed by atoms with E-state index < -0.39 is 0 Å². The minimum Gasteiger partial charge on any atom is -0.294 e. The van der Waals surface area contributed by atoms with Crippen molar-refractivity contribution in [2.24, 2.45) is 0 Å². The molecule has 10 rings (SSSR count). The number of para-hydroxylation sites is 1. The first-order chi connectivity index (χ1) is 23.8. The third-order valence-electron chi connectivity index (χ3n) is 9.54. The molecule has 6 aromatic carbocycles. The van der Waals surface area contributed by atoms with Crippen LogP contribution in [-0.4, -0.2) is 14.5 Å². The van der Waals surface area contributed by atoms with Crippen LogP contribution in [-0.2, 0) is 0 Å². The number of pyridine rings is 2. The lowest BCUT2D eigenvalue weighted by Gasteiger charge is -2.33. The summed E-state index contributed by atoms with van der Waals surface area (Å²) >= 11 is 0. The number of hydrogen-bond donors (Lipinski definition) is 0. The van der Waals surface area contributed by atoms with Crippen molar-refractivity contribution < 1.29 is 0 Å². The Kier molecular flexibility index (Phi) is 5.84. The maximum absolute atomic E-state index is 5.42. The van der Waals surface area contributed by atoms with Gasteiger partial charge in [-0.1, -0.05) is 115 Å². The highest BCUT2D eigenvalue weighted by Gasteiger charge is 2.29. The van der Waals surface area contributed by atoms with Gasteiger partial charge in [0.05, 0.1) is 28.1 Å². The van der Waals surface area contributed by atoms with Gasteiger partial charge in [0.1, 0.15) is 11.6 Å². The van der Waals surface area contributed by atoms with Crippen LogP contribution in [0, 0.1) is 0 Å². The van der Waals surface area contributed by atoms with Gasteiger partial charge in [-0.3, -0.25) is 9.47 Å². The molecule has 48 heavy (non-hydrogen) atoms. The predicted octanol–water partition coefficient (Wildman–Crippen LogP) is 11.5. The minimum absolute atomic E-state index is 0.873. The zero-order valence-corrected chi connectivity index (χ0v) is 26.0. The van der Waals surface area contributed by atoms with E-state index in [4.69, 9.17) is 9.97 Å². The molecule has 0 N–H and O–H groups in total. The Bertz CT molecular complexity index is 2600. The lowest BCUT2D eigenvalue weighted by molar-refractivity contribution is 1.08. The molecule has 0 amide bonds. The molecule has 0 spiro atoms. The summed E-state index contributed by atoms with van der Waals surface area (Å²) in [6, 6.07) is 58.2. The van der Waals surface area contributed by atoms with Crippen molar-refractivity contribution in [2.45, 2.75) is 0 Å². The van der Waals surface area contributed by atoms with E-state index in [9.17, 15) is 0 Å². The van der Waals surface area contributed by atoms with Gasteiger partial charge in [0.2, 0.25) is 0 Å². The number of benzene rings is 6. The maximum atomic E-state index is 5.42. The Morgan fingerprint density at radius 3 is 2.00 bits per heavy atom. The summed E-state index contributed by atoms with van der Waals surface area (Å²) in [7, 11) is 0. The molecular formula is C44H28N4. The number of fused-ring (bicyclic) bond motifs is 5. The summed E-state index contributed by atoms with van der Waals surface area (Å²) in [5, 5.41) is 4.84. The van der Waals surface area contributed by atoms with Crippen molar-refractivity contribution in [1.82, 2.24) is 14.5 Å². The number of rotatable bonds is 4. The topological polar surface area (TPSA) is 34.0 Å². The maximum Gasteiger partial charge on any atom is 0.138 e. The van der Waals surface area contributed by atoms with Crippen molar-refractivity contribution in [3.8, 4) is 39.3 Å². The highest BCUT2D eigenvalue weighted by molar-refractivity contribution is 6.18. The van der Waals surface area contributed by atoms with Gasteiger partial charge in [-0.25, -0.2) is 9.97 Å². The van der Waals surface area contributed by atoms with Crippen molar-refractivity contribution in [3.63, 3.8) is 0 Å².